The summed E-state index contributed by atoms with van der Waals surface area (Å²) >= 11 is 0. The predicted molar refractivity (Wildman–Crippen MR) is 123 cm³/mol. The highest BCUT2D eigenvalue weighted by atomic mass is 16.5. The molecule has 2 aromatic carbocycles. The topological polar surface area (TPSA) is 74.6 Å². The van der Waals surface area contributed by atoms with Gasteiger partial charge in [-0.2, -0.15) is 5.10 Å². The van der Waals surface area contributed by atoms with Crippen molar-refractivity contribution in [3.05, 3.63) is 59.8 Å². The van der Waals surface area contributed by atoms with E-state index in [0.717, 1.165) is 53.8 Å². The number of nitrogens with zero attached hydrogens (tertiary/aromatic N) is 2. The van der Waals surface area contributed by atoms with Crippen LogP contribution in [0.1, 0.15) is 50.1 Å². The summed E-state index contributed by atoms with van der Waals surface area (Å²) in [5, 5.41) is 8.57. The van der Waals surface area contributed by atoms with Crippen LogP contribution in [0.2, 0.25) is 0 Å². The summed E-state index contributed by atoms with van der Waals surface area (Å²) in [6.45, 7) is 5.54. The van der Waals surface area contributed by atoms with E-state index in [4.69, 9.17) is 19.3 Å². The number of aromatic nitrogens is 2. The molecule has 1 aliphatic heterocycles. The van der Waals surface area contributed by atoms with Crippen LogP contribution in [0.15, 0.2) is 48.5 Å². The maximum Gasteiger partial charge on any atom is 0.407 e. The van der Waals surface area contributed by atoms with Crippen LogP contribution in [-0.2, 0) is 16.1 Å². The van der Waals surface area contributed by atoms with Crippen molar-refractivity contribution in [3.63, 3.8) is 0 Å². The van der Waals surface area contributed by atoms with Gasteiger partial charge < -0.3 is 19.5 Å². The van der Waals surface area contributed by atoms with Gasteiger partial charge in [0.25, 0.3) is 0 Å². The summed E-state index contributed by atoms with van der Waals surface area (Å²) in [6, 6.07) is 15.7. The van der Waals surface area contributed by atoms with E-state index >= 15 is 0 Å². The molecule has 0 radical (unpaired) electrons. The van der Waals surface area contributed by atoms with Gasteiger partial charge in [0.15, 0.2) is 6.23 Å². The molecule has 0 saturated carbocycles. The van der Waals surface area contributed by atoms with Crippen molar-refractivity contribution in [2.45, 2.75) is 58.5 Å². The van der Waals surface area contributed by atoms with Crippen LogP contribution in [0.4, 0.5) is 4.79 Å². The third-order valence-corrected chi connectivity index (χ3v) is 5.66. The summed E-state index contributed by atoms with van der Waals surface area (Å²) in [6.07, 6.45) is 3.48. The van der Waals surface area contributed by atoms with Crippen molar-refractivity contribution < 1.29 is 19.0 Å². The SMILES string of the molecule is Cc1nn(C2CCCCO2)c2ccc(OC(C)CCNC(=O)OCc3ccccc3)cc12. The van der Waals surface area contributed by atoms with Crippen LogP contribution >= 0.6 is 0 Å². The lowest BCUT2D eigenvalue weighted by molar-refractivity contribution is -0.0368. The number of fused-ring (bicyclic) bond motifs is 1. The molecule has 0 spiro atoms. The molecular weight excluding hydrogens is 406 g/mol. The lowest BCUT2D eigenvalue weighted by Crippen LogP contribution is -2.28. The number of nitrogens with one attached hydrogen (secondary N) is 1. The van der Waals surface area contributed by atoms with Crippen molar-refractivity contribution in [3.8, 4) is 5.75 Å². The highest BCUT2D eigenvalue weighted by Crippen LogP contribution is 2.30. The normalized spacial score (nSPS) is 17.1. The number of rotatable bonds is 8. The third-order valence-electron chi connectivity index (χ3n) is 5.66. The van der Waals surface area contributed by atoms with E-state index in [-0.39, 0.29) is 18.9 Å². The molecule has 1 aromatic heterocycles. The number of hydrogen-bond acceptors (Lipinski definition) is 5. The maximum atomic E-state index is 11.9. The zero-order chi connectivity index (χ0) is 22.3. The van der Waals surface area contributed by atoms with Crippen molar-refractivity contribution >= 4 is 17.0 Å². The molecule has 7 heteroatoms. The van der Waals surface area contributed by atoms with Crippen LogP contribution < -0.4 is 10.1 Å². The average Bonchev–Trinajstić information content (AvgIpc) is 3.15. The number of aryl methyl sites for hydroxylation is 1. The Morgan fingerprint density at radius 3 is 2.88 bits per heavy atom. The van der Waals surface area contributed by atoms with Gasteiger partial charge in [-0.3, -0.25) is 0 Å². The highest BCUT2D eigenvalue weighted by molar-refractivity contribution is 5.83. The van der Waals surface area contributed by atoms with Crippen LogP contribution in [-0.4, -0.2) is 35.1 Å². The Morgan fingerprint density at radius 1 is 1.25 bits per heavy atom. The highest BCUT2D eigenvalue weighted by Gasteiger charge is 2.20. The Bertz CT molecular complexity index is 1030. The second kappa shape index (κ2) is 10.5. The monoisotopic (exact) mass is 437 g/mol. The molecule has 4 rings (SSSR count). The van der Waals surface area contributed by atoms with Gasteiger partial charge >= 0.3 is 6.09 Å². The van der Waals surface area contributed by atoms with Gasteiger partial charge in [-0.15, -0.1) is 0 Å². The van der Waals surface area contributed by atoms with Crippen LogP contribution in [0.25, 0.3) is 10.9 Å². The van der Waals surface area contributed by atoms with E-state index in [2.05, 4.69) is 11.4 Å². The fourth-order valence-corrected chi connectivity index (χ4v) is 3.93. The summed E-state index contributed by atoms with van der Waals surface area (Å²) in [5.41, 5.74) is 3.00. The summed E-state index contributed by atoms with van der Waals surface area (Å²) in [5.74, 6) is 0.795. The van der Waals surface area contributed by atoms with Crippen molar-refractivity contribution in [2.75, 3.05) is 13.2 Å². The molecular formula is C25H31N3O4. The number of ether oxygens (including phenoxy) is 3. The number of carbonyl (C=O) groups excluding carboxylic acids is 1. The zero-order valence-electron chi connectivity index (χ0n) is 18.8. The second-order valence-electron chi connectivity index (χ2n) is 8.24. The molecule has 0 aliphatic carbocycles. The Kier molecular flexibility index (Phi) is 7.27. The third kappa shape index (κ3) is 5.59. The van der Waals surface area contributed by atoms with Crippen molar-refractivity contribution in [1.29, 1.82) is 0 Å². The molecule has 1 N–H and O–H groups in total. The van der Waals surface area contributed by atoms with Gasteiger partial charge in [0.2, 0.25) is 0 Å². The molecule has 2 heterocycles. The molecule has 32 heavy (non-hydrogen) atoms. The molecule has 3 aromatic rings. The average molecular weight is 438 g/mol. The van der Waals surface area contributed by atoms with Gasteiger partial charge in [-0.05, 0) is 56.9 Å². The van der Waals surface area contributed by atoms with Crippen molar-refractivity contribution in [1.82, 2.24) is 15.1 Å². The van der Waals surface area contributed by atoms with Gasteiger partial charge in [-0.1, -0.05) is 30.3 Å². The summed E-state index contributed by atoms with van der Waals surface area (Å²) < 4.78 is 19.2. The maximum absolute atomic E-state index is 11.9. The first-order valence-electron chi connectivity index (χ1n) is 11.3. The fraction of sp³-hybridized carbons (Fsp3) is 0.440. The lowest BCUT2D eigenvalue weighted by atomic mass is 10.1. The number of alkyl carbamates (subject to hydrolysis) is 1. The van der Waals surface area contributed by atoms with Crippen LogP contribution in [0, 0.1) is 6.92 Å². The van der Waals surface area contributed by atoms with E-state index in [1.165, 1.54) is 0 Å². The molecule has 1 fully saturated rings. The Hall–Kier alpha value is -3.06. The number of carbonyl (C=O) groups is 1. The molecule has 0 bridgehead atoms. The van der Waals surface area contributed by atoms with Gasteiger partial charge in [0.1, 0.15) is 12.4 Å². The van der Waals surface area contributed by atoms with E-state index in [1.54, 1.807) is 0 Å². The molecule has 1 aliphatic rings. The number of benzene rings is 2. The quantitative estimate of drug-likeness (QED) is 0.529. The number of amides is 1. The molecule has 2 unspecified atom stereocenters. The summed E-state index contributed by atoms with van der Waals surface area (Å²) in [7, 11) is 0. The minimum Gasteiger partial charge on any atom is -0.491 e. The molecule has 1 amide bonds. The predicted octanol–water partition coefficient (Wildman–Crippen LogP) is 5.13. The first kappa shape index (κ1) is 22.1. The zero-order valence-corrected chi connectivity index (χ0v) is 18.8. The first-order valence-corrected chi connectivity index (χ1v) is 11.3. The van der Waals surface area contributed by atoms with E-state index in [1.807, 2.05) is 61.0 Å². The largest absolute Gasteiger partial charge is 0.491 e. The van der Waals surface area contributed by atoms with E-state index in [9.17, 15) is 4.79 Å². The number of hydrogen-bond donors (Lipinski definition) is 1. The lowest BCUT2D eigenvalue weighted by Gasteiger charge is -2.23. The minimum absolute atomic E-state index is 0.0124. The Morgan fingerprint density at radius 2 is 2.09 bits per heavy atom. The minimum atomic E-state index is -0.421. The standard InChI is InChI=1S/C25H31N3O4/c1-18(13-14-26-25(29)31-17-20-8-4-3-5-9-20)32-21-11-12-23-22(16-21)19(2)27-28(23)24-10-6-7-15-30-24/h3-5,8-9,11-12,16,18,24H,6-7,10,13-15,17H2,1-2H3,(H,26,29). The molecule has 2 atom stereocenters. The molecule has 1 saturated heterocycles. The van der Waals surface area contributed by atoms with E-state index < -0.39 is 6.09 Å². The summed E-state index contributed by atoms with van der Waals surface area (Å²) in [4.78, 5) is 11.9. The first-order chi connectivity index (χ1) is 15.6. The van der Waals surface area contributed by atoms with Crippen LogP contribution in [0.5, 0.6) is 5.75 Å². The Labute approximate surface area is 188 Å². The van der Waals surface area contributed by atoms with Gasteiger partial charge in [0, 0.05) is 25.0 Å². The van der Waals surface area contributed by atoms with Crippen LogP contribution in [0.3, 0.4) is 0 Å². The van der Waals surface area contributed by atoms with Gasteiger partial charge in [0.05, 0.1) is 17.3 Å². The van der Waals surface area contributed by atoms with E-state index in [0.29, 0.717) is 13.0 Å². The van der Waals surface area contributed by atoms with Gasteiger partial charge in [-0.25, -0.2) is 9.48 Å². The van der Waals surface area contributed by atoms with Crippen molar-refractivity contribution in [2.24, 2.45) is 0 Å². The molecule has 7 nitrogen and oxygen atoms in total. The molecule has 170 valence electrons. The fourth-order valence-electron chi connectivity index (χ4n) is 3.93. The smallest absolute Gasteiger partial charge is 0.407 e. The Balaban J connectivity index is 1.26. The second-order valence-corrected chi connectivity index (χ2v) is 8.24.